The van der Waals surface area contributed by atoms with Crippen LogP contribution in [0, 0.1) is 5.92 Å². The number of hydrogen-bond donors (Lipinski definition) is 2. The standard InChI is InChI=1S/C14H19NO/c16-13-3-1-2-10(9-13)8-11-4-5-12-6-7-14(11)15-12/h1-3,9,11-12,14-16H,4-8H2. The Kier molecular flexibility index (Phi) is 2.60. The van der Waals surface area contributed by atoms with Crippen molar-refractivity contribution in [2.45, 2.75) is 44.2 Å². The number of aromatic hydroxyl groups is 1. The fourth-order valence-corrected chi connectivity index (χ4v) is 3.30. The van der Waals surface area contributed by atoms with Crippen LogP contribution in [0.1, 0.15) is 31.2 Å². The van der Waals surface area contributed by atoms with E-state index >= 15 is 0 Å². The van der Waals surface area contributed by atoms with Crippen molar-refractivity contribution in [1.82, 2.24) is 5.32 Å². The van der Waals surface area contributed by atoms with Gasteiger partial charge in [0.2, 0.25) is 0 Å². The van der Waals surface area contributed by atoms with Gasteiger partial charge >= 0.3 is 0 Å². The quantitative estimate of drug-likeness (QED) is 0.797. The minimum Gasteiger partial charge on any atom is -0.508 e. The summed E-state index contributed by atoms with van der Waals surface area (Å²) in [4.78, 5) is 0. The summed E-state index contributed by atoms with van der Waals surface area (Å²) in [5.74, 6) is 1.16. The molecular formula is C14H19NO. The average Bonchev–Trinajstić information content (AvgIpc) is 2.66. The van der Waals surface area contributed by atoms with E-state index in [0.717, 1.165) is 24.4 Å². The second kappa shape index (κ2) is 4.10. The maximum absolute atomic E-state index is 9.46. The molecule has 0 amide bonds. The molecule has 2 N–H and O–H groups in total. The lowest BCUT2D eigenvalue weighted by atomic mass is 9.86. The molecular weight excluding hydrogens is 198 g/mol. The second-order valence-electron chi connectivity index (χ2n) is 5.26. The molecule has 0 aromatic heterocycles. The maximum atomic E-state index is 9.46. The number of nitrogens with one attached hydrogen (secondary N) is 1. The first-order valence-electron chi connectivity index (χ1n) is 6.35. The third kappa shape index (κ3) is 1.94. The first kappa shape index (κ1) is 10.2. The predicted octanol–water partition coefficient (Wildman–Crippen LogP) is 2.47. The van der Waals surface area contributed by atoms with Gasteiger partial charge in [-0.2, -0.15) is 0 Å². The van der Waals surface area contributed by atoms with E-state index in [9.17, 15) is 5.11 Å². The van der Waals surface area contributed by atoms with Crippen LogP contribution in [-0.4, -0.2) is 17.2 Å². The Hall–Kier alpha value is -1.02. The SMILES string of the molecule is Oc1cccc(CC2CCC3CCC2N3)c1. The van der Waals surface area contributed by atoms with Crippen LogP contribution in [0.25, 0.3) is 0 Å². The van der Waals surface area contributed by atoms with Crippen LogP contribution in [0.3, 0.4) is 0 Å². The normalized spacial score (nSPS) is 32.9. The van der Waals surface area contributed by atoms with Gasteiger partial charge in [0.1, 0.15) is 5.75 Å². The number of fused-ring (bicyclic) bond motifs is 2. The Labute approximate surface area is 96.7 Å². The molecule has 2 aliphatic heterocycles. The fraction of sp³-hybridized carbons (Fsp3) is 0.571. The Morgan fingerprint density at radius 3 is 2.94 bits per heavy atom. The van der Waals surface area contributed by atoms with Crippen molar-refractivity contribution in [2.24, 2.45) is 5.92 Å². The van der Waals surface area contributed by atoms with Gasteiger partial charge in [-0.25, -0.2) is 0 Å². The summed E-state index contributed by atoms with van der Waals surface area (Å²) in [6.07, 6.45) is 6.49. The summed E-state index contributed by atoms with van der Waals surface area (Å²) < 4.78 is 0. The zero-order chi connectivity index (χ0) is 11.0. The predicted molar refractivity (Wildman–Crippen MR) is 64.5 cm³/mol. The van der Waals surface area contributed by atoms with Gasteiger partial charge in [0.05, 0.1) is 0 Å². The Balaban J connectivity index is 1.70. The molecule has 3 rings (SSSR count). The molecule has 2 bridgehead atoms. The zero-order valence-corrected chi connectivity index (χ0v) is 9.52. The number of hydrogen-bond acceptors (Lipinski definition) is 2. The molecule has 1 aromatic rings. The van der Waals surface area contributed by atoms with Crippen molar-refractivity contribution in [1.29, 1.82) is 0 Å². The van der Waals surface area contributed by atoms with Crippen molar-refractivity contribution >= 4 is 0 Å². The summed E-state index contributed by atoms with van der Waals surface area (Å²) in [5.41, 5.74) is 1.28. The van der Waals surface area contributed by atoms with Gasteiger partial charge in [0, 0.05) is 12.1 Å². The lowest BCUT2D eigenvalue weighted by Gasteiger charge is -2.30. The highest BCUT2D eigenvalue weighted by atomic mass is 16.3. The molecule has 16 heavy (non-hydrogen) atoms. The Morgan fingerprint density at radius 1 is 1.19 bits per heavy atom. The molecule has 3 atom stereocenters. The molecule has 0 saturated carbocycles. The Bertz CT molecular complexity index is 377. The van der Waals surface area contributed by atoms with Crippen LogP contribution in [0.2, 0.25) is 0 Å². The topological polar surface area (TPSA) is 32.3 Å². The van der Waals surface area contributed by atoms with Gasteiger partial charge in [0.15, 0.2) is 0 Å². The molecule has 2 fully saturated rings. The molecule has 2 saturated heterocycles. The summed E-state index contributed by atoms with van der Waals surface area (Å²) in [5, 5.41) is 13.2. The second-order valence-corrected chi connectivity index (χ2v) is 5.26. The van der Waals surface area contributed by atoms with Crippen LogP contribution in [0.4, 0.5) is 0 Å². The monoisotopic (exact) mass is 217 g/mol. The van der Waals surface area contributed by atoms with Crippen LogP contribution in [0.15, 0.2) is 24.3 Å². The van der Waals surface area contributed by atoms with Gasteiger partial charge in [0.25, 0.3) is 0 Å². The molecule has 1 aromatic carbocycles. The van der Waals surface area contributed by atoms with Gasteiger partial charge in [-0.1, -0.05) is 12.1 Å². The largest absolute Gasteiger partial charge is 0.508 e. The smallest absolute Gasteiger partial charge is 0.115 e. The van der Waals surface area contributed by atoms with Crippen molar-refractivity contribution in [2.75, 3.05) is 0 Å². The number of phenols is 1. The van der Waals surface area contributed by atoms with E-state index in [4.69, 9.17) is 0 Å². The van der Waals surface area contributed by atoms with Crippen molar-refractivity contribution in [3.8, 4) is 5.75 Å². The molecule has 2 aliphatic rings. The molecule has 2 nitrogen and oxygen atoms in total. The van der Waals surface area contributed by atoms with Gasteiger partial charge < -0.3 is 10.4 Å². The van der Waals surface area contributed by atoms with Crippen molar-refractivity contribution in [3.05, 3.63) is 29.8 Å². The molecule has 3 unspecified atom stereocenters. The fourth-order valence-electron chi connectivity index (χ4n) is 3.30. The van der Waals surface area contributed by atoms with E-state index in [-0.39, 0.29) is 0 Å². The van der Waals surface area contributed by atoms with Crippen LogP contribution in [0.5, 0.6) is 5.75 Å². The number of phenolic OH excluding ortho intramolecular Hbond substituents is 1. The zero-order valence-electron chi connectivity index (χ0n) is 9.52. The lowest BCUT2D eigenvalue weighted by molar-refractivity contribution is 0.288. The summed E-state index contributed by atoms with van der Waals surface area (Å²) in [6.45, 7) is 0. The van der Waals surface area contributed by atoms with E-state index in [1.54, 1.807) is 6.07 Å². The Morgan fingerprint density at radius 2 is 2.06 bits per heavy atom. The van der Waals surface area contributed by atoms with E-state index in [1.807, 2.05) is 12.1 Å². The minimum atomic E-state index is 0.394. The highest BCUT2D eigenvalue weighted by Gasteiger charge is 2.34. The van der Waals surface area contributed by atoms with Crippen LogP contribution < -0.4 is 5.32 Å². The van der Waals surface area contributed by atoms with Crippen molar-refractivity contribution < 1.29 is 5.11 Å². The van der Waals surface area contributed by atoms with E-state index in [2.05, 4.69) is 11.4 Å². The van der Waals surface area contributed by atoms with Gasteiger partial charge in [-0.05, 0) is 55.7 Å². The average molecular weight is 217 g/mol. The van der Waals surface area contributed by atoms with E-state index in [1.165, 1.54) is 31.2 Å². The van der Waals surface area contributed by atoms with Crippen molar-refractivity contribution in [3.63, 3.8) is 0 Å². The van der Waals surface area contributed by atoms with Crippen LogP contribution in [-0.2, 0) is 6.42 Å². The number of benzene rings is 1. The first-order valence-corrected chi connectivity index (χ1v) is 6.35. The minimum absolute atomic E-state index is 0.394. The molecule has 86 valence electrons. The molecule has 0 spiro atoms. The van der Waals surface area contributed by atoms with Crippen LogP contribution >= 0.6 is 0 Å². The van der Waals surface area contributed by atoms with E-state index < -0.39 is 0 Å². The lowest BCUT2D eigenvalue weighted by Crippen LogP contribution is -2.41. The number of rotatable bonds is 2. The highest BCUT2D eigenvalue weighted by Crippen LogP contribution is 2.33. The highest BCUT2D eigenvalue weighted by molar-refractivity contribution is 5.27. The maximum Gasteiger partial charge on any atom is 0.115 e. The van der Waals surface area contributed by atoms with Gasteiger partial charge in [-0.15, -0.1) is 0 Å². The first-order chi connectivity index (χ1) is 7.81. The molecule has 2 heteroatoms. The molecule has 2 heterocycles. The number of piperidine rings is 1. The third-order valence-electron chi connectivity index (χ3n) is 4.14. The summed E-state index contributed by atoms with van der Waals surface area (Å²) >= 11 is 0. The third-order valence-corrected chi connectivity index (χ3v) is 4.14. The molecule has 0 aliphatic carbocycles. The summed E-state index contributed by atoms with van der Waals surface area (Å²) in [7, 11) is 0. The molecule has 0 radical (unpaired) electrons. The summed E-state index contributed by atoms with van der Waals surface area (Å²) in [6, 6.07) is 9.24. The van der Waals surface area contributed by atoms with E-state index in [0.29, 0.717) is 5.75 Å². The van der Waals surface area contributed by atoms with Gasteiger partial charge in [-0.3, -0.25) is 0 Å².